The average Bonchev–Trinajstić information content (AvgIpc) is 3.20. The van der Waals surface area contributed by atoms with E-state index in [0.29, 0.717) is 16.4 Å². The van der Waals surface area contributed by atoms with Gasteiger partial charge in [0.1, 0.15) is 5.57 Å². The minimum absolute atomic E-state index is 0.000475. The summed E-state index contributed by atoms with van der Waals surface area (Å²) in [5.74, 6) is -1.62. The van der Waals surface area contributed by atoms with Crippen molar-refractivity contribution in [2.24, 2.45) is 0 Å². The van der Waals surface area contributed by atoms with Gasteiger partial charge >= 0.3 is 5.91 Å². The van der Waals surface area contributed by atoms with Gasteiger partial charge in [-0.2, -0.15) is 9.67 Å². The third-order valence-corrected chi connectivity index (χ3v) is 6.02. The Kier molecular flexibility index (Phi) is 6.25. The van der Waals surface area contributed by atoms with E-state index >= 15 is 0 Å². The fourth-order valence-electron chi connectivity index (χ4n) is 3.73. The molecule has 0 unspecified atom stereocenters. The fraction of sp³-hybridized carbons (Fsp3) is 0.217. The summed E-state index contributed by atoms with van der Waals surface area (Å²) < 4.78 is 7.77. The number of amides is 2. The Balaban J connectivity index is 1.93. The molecule has 4 rings (SSSR count). The predicted molar refractivity (Wildman–Crippen MR) is 121 cm³/mol. The average molecular weight is 487 g/mol. The van der Waals surface area contributed by atoms with E-state index in [4.69, 9.17) is 27.9 Å². The summed E-state index contributed by atoms with van der Waals surface area (Å²) >= 11 is 12.1. The Bertz CT molecular complexity index is 1320. The molecule has 2 aromatic heterocycles. The molecule has 0 saturated heterocycles. The van der Waals surface area contributed by atoms with Crippen molar-refractivity contribution in [3.8, 4) is 11.6 Å². The molecule has 0 aliphatic carbocycles. The standard InChI is InChI=1S/C23H20Cl2N4O4/c1-13-5-4-8-27(12-13)20-19(21(30)28(23(20)32)9-10-33-3)18-14(2)26-29(22(18)31)15-6-7-16(24)17(25)11-15/h4-8,11-12H,9-10H2,1-3H3. The molecule has 10 heteroatoms. The van der Waals surface area contributed by atoms with Crippen molar-refractivity contribution in [2.45, 2.75) is 13.8 Å². The summed E-state index contributed by atoms with van der Waals surface area (Å²) in [6, 6.07) is 8.30. The highest BCUT2D eigenvalue weighted by Gasteiger charge is 2.46. The normalized spacial score (nSPS) is 14.0. The first-order valence-electron chi connectivity index (χ1n) is 10.0. The lowest BCUT2D eigenvalue weighted by molar-refractivity contribution is -0.577. The van der Waals surface area contributed by atoms with Gasteiger partial charge in [0, 0.05) is 24.3 Å². The van der Waals surface area contributed by atoms with Crippen LogP contribution in [-0.4, -0.2) is 46.8 Å². The molecule has 0 bridgehead atoms. The van der Waals surface area contributed by atoms with E-state index in [0.717, 1.165) is 15.1 Å². The van der Waals surface area contributed by atoms with Gasteiger partial charge in [0.2, 0.25) is 0 Å². The highest BCUT2D eigenvalue weighted by atomic mass is 35.5. The maximum atomic E-state index is 13.5. The van der Waals surface area contributed by atoms with Gasteiger partial charge in [0.25, 0.3) is 11.6 Å². The molecule has 0 atom stereocenters. The van der Waals surface area contributed by atoms with Crippen LogP contribution in [0.2, 0.25) is 10.0 Å². The van der Waals surface area contributed by atoms with Crippen LogP contribution in [0.25, 0.3) is 17.0 Å². The topological polar surface area (TPSA) is 91.4 Å². The van der Waals surface area contributed by atoms with Crippen LogP contribution >= 0.6 is 23.2 Å². The van der Waals surface area contributed by atoms with Crippen molar-refractivity contribution in [3.63, 3.8) is 0 Å². The van der Waals surface area contributed by atoms with Crippen LogP contribution in [0.5, 0.6) is 5.88 Å². The molecule has 1 aliphatic heterocycles. The number of ether oxygens (including phenoxy) is 1. The third-order valence-electron chi connectivity index (χ3n) is 5.29. The van der Waals surface area contributed by atoms with E-state index in [-0.39, 0.29) is 35.0 Å². The molecule has 2 amide bonds. The number of aromatic nitrogens is 3. The van der Waals surface area contributed by atoms with Crippen LogP contribution in [0.1, 0.15) is 16.8 Å². The smallest absolute Gasteiger partial charge is 0.326 e. The van der Waals surface area contributed by atoms with E-state index in [9.17, 15) is 14.7 Å². The van der Waals surface area contributed by atoms with Crippen LogP contribution in [0.3, 0.4) is 0 Å². The number of hydrogen-bond acceptors (Lipinski definition) is 5. The summed E-state index contributed by atoms with van der Waals surface area (Å²) in [6.45, 7) is 3.71. The van der Waals surface area contributed by atoms with E-state index in [1.54, 1.807) is 42.1 Å². The number of imide groups is 1. The van der Waals surface area contributed by atoms with Gasteiger partial charge < -0.3 is 9.84 Å². The lowest BCUT2D eigenvalue weighted by Crippen LogP contribution is -2.40. The molecule has 0 saturated carbocycles. The van der Waals surface area contributed by atoms with E-state index in [1.807, 2.05) is 13.0 Å². The second-order valence-corrected chi connectivity index (χ2v) is 8.36. The van der Waals surface area contributed by atoms with Crippen molar-refractivity contribution in [2.75, 3.05) is 20.3 Å². The zero-order valence-corrected chi connectivity index (χ0v) is 19.6. The predicted octanol–water partition coefficient (Wildman–Crippen LogP) is 2.54. The fourth-order valence-corrected chi connectivity index (χ4v) is 4.02. The quantitative estimate of drug-likeness (QED) is 0.394. The Hall–Kier alpha value is -3.20. The number of rotatable bonds is 6. The molecule has 0 N–H and O–H groups in total. The van der Waals surface area contributed by atoms with Crippen molar-refractivity contribution in [1.29, 1.82) is 0 Å². The Morgan fingerprint density at radius 3 is 2.55 bits per heavy atom. The number of halogens is 2. The van der Waals surface area contributed by atoms with E-state index in [2.05, 4.69) is 5.10 Å². The van der Waals surface area contributed by atoms with E-state index in [1.165, 1.54) is 13.2 Å². The number of pyridine rings is 1. The molecule has 3 aromatic rings. The highest BCUT2D eigenvalue weighted by molar-refractivity contribution is 6.45. The lowest BCUT2D eigenvalue weighted by atomic mass is 10.0. The number of carbonyl (C=O) groups is 2. The SMILES string of the molecule is COCCN1C(=O)C(c2c(C)nn(-c3ccc(Cl)c(Cl)c3)c2[O-])=C([n+]2cccc(C)c2)C1=O. The number of methoxy groups -OCH3 is 1. The first-order valence-corrected chi connectivity index (χ1v) is 10.8. The zero-order valence-electron chi connectivity index (χ0n) is 18.1. The monoisotopic (exact) mass is 486 g/mol. The molecule has 33 heavy (non-hydrogen) atoms. The molecule has 0 radical (unpaired) electrons. The molecule has 1 aromatic carbocycles. The van der Waals surface area contributed by atoms with Crippen molar-refractivity contribution < 1.29 is 24.0 Å². The molecule has 8 nitrogen and oxygen atoms in total. The Morgan fingerprint density at radius 2 is 1.88 bits per heavy atom. The summed E-state index contributed by atoms with van der Waals surface area (Å²) in [4.78, 5) is 27.8. The highest BCUT2D eigenvalue weighted by Crippen LogP contribution is 2.37. The van der Waals surface area contributed by atoms with Crippen molar-refractivity contribution >= 4 is 46.3 Å². The first kappa shape index (κ1) is 23.0. The minimum atomic E-state index is -0.574. The Labute approximate surface area is 200 Å². The van der Waals surface area contributed by atoms with Gasteiger partial charge in [-0.25, -0.2) is 4.68 Å². The van der Waals surface area contributed by atoms with Gasteiger partial charge in [-0.1, -0.05) is 23.2 Å². The summed E-state index contributed by atoms with van der Waals surface area (Å²) in [5.41, 5.74) is 1.73. The van der Waals surface area contributed by atoms with Gasteiger partial charge in [0.05, 0.1) is 34.6 Å². The molecular weight excluding hydrogens is 467 g/mol. The van der Waals surface area contributed by atoms with Gasteiger partial charge in [-0.3, -0.25) is 14.5 Å². The first-order chi connectivity index (χ1) is 15.7. The Morgan fingerprint density at radius 1 is 1.12 bits per heavy atom. The van der Waals surface area contributed by atoms with Crippen LogP contribution in [0.15, 0.2) is 42.7 Å². The van der Waals surface area contributed by atoms with Gasteiger partial charge in [-0.15, -0.1) is 0 Å². The molecule has 0 fully saturated rings. The molecule has 1 aliphatic rings. The lowest BCUT2D eigenvalue weighted by Gasteiger charge is -2.15. The number of aryl methyl sites for hydroxylation is 2. The maximum Gasteiger partial charge on any atom is 0.326 e. The third kappa shape index (κ3) is 4.01. The van der Waals surface area contributed by atoms with Crippen LogP contribution in [-0.2, 0) is 14.3 Å². The summed E-state index contributed by atoms with van der Waals surface area (Å²) in [5, 5.41) is 18.4. The number of carbonyl (C=O) groups excluding carboxylic acids is 2. The van der Waals surface area contributed by atoms with Crippen LogP contribution < -0.4 is 9.67 Å². The number of benzene rings is 1. The van der Waals surface area contributed by atoms with Crippen molar-refractivity contribution in [1.82, 2.24) is 14.7 Å². The molecule has 170 valence electrons. The zero-order chi connectivity index (χ0) is 23.9. The van der Waals surface area contributed by atoms with Gasteiger partial charge in [-0.05, 0) is 44.0 Å². The molecular formula is C23H20Cl2N4O4. The molecule has 3 heterocycles. The largest absolute Gasteiger partial charge is 0.858 e. The second kappa shape index (κ2) is 8.97. The summed E-state index contributed by atoms with van der Waals surface area (Å²) in [7, 11) is 1.48. The minimum Gasteiger partial charge on any atom is -0.858 e. The van der Waals surface area contributed by atoms with Crippen LogP contribution in [0.4, 0.5) is 0 Å². The number of hydrogen-bond donors (Lipinski definition) is 0. The number of nitrogens with zero attached hydrogens (tertiary/aromatic N) is 4. The second-order valence-electron chi connectivity index (χ2n) is 7.54. The van der Waals surface area contributed by atoms with Gasteiger partial charge in [0.15, 0.2) is 12.4 Å². The summed E-state index contributed by atoms with van der Waals surface area (Å²) in [6.07, 6.45) is 3.39. The van der Waals surface area contributed by atoms with E-state index < -0.39 is 17.7 Å². The maximum absolute atomic E-state index is 13.5. The molecule has 0 spiro atoms. The van der Waals surface area contributed by atoms with Crippen molar-refractivity contribution in [3.05, 3.63) is 69.6 Å². The van der Waals surface area contributed by atoms with Crippen LogP contribution in [0, 0.1) is 13.8 Å².